The van der Waals surface area contributed by atoms with Crippen LogP contribution in [0, 0.1) is 11.3 Å². The molecule has 1 aromatic rings. The van der Waals surface area contributed by atoms with E-state index in [-0.39, 0.29) is 24.2 Å². The predicted octanol–water partition coefficient (Wildman–Crippen LogP) is 1.04. The Labute approximate surface area is 142 Å². The highest BCUT2D eigenvalue weighted by molar-refractivity contribution is 5.76. The smallest absolute Gasteiger partial charge is 0.248 e. The van der Waals surface area contributed by atoms with Gasteiger partial charge < -0.3 is 19.3 Å². The topological polar surface area (TPSA) is 78.7 Å². The van der Waals surface area contributed by atoms with Gasteiger partial charge in [0.2, 0.25) is 5.91 Å². The number of aromatic nitrogens is 1. The molecule has 1 aromatic heterocycles. The molecule has 2 rings (SSSR count). The first-order valence-corrected chi connectivity index (χ1v) is 7.87. The maximum atomic E-state index is 11.6. The number of ether oxygens (including phenoxy) is 2. The maximum absolute atomic E-state index is 11.6. The van der Waals surface area contributed by atoms with Crippen LogP contribution in [-0.4, -0.2) is 67.9 Å². The Morgan fingerprint density at radius 1 is 1.58 bits per heavy atom. The summed E-state index contributed by atoms with van der Waals surface area (Å²) in [6, 6.07) is 4.02. The van der Waals surface area contributed by atoms with Crippen LogP contribution >= 0.6 is 0 Å². The van der Waals surface area contributed by atoms with Gasteiger partial charge in [0.05, 0.1) is 29.6 Å². The van der Waals surface area contributed by atoms with Crippen molar-refractivity contribution < 1.29 is 14.3 Å². The minimum atomic E-state index is -0.381. The lowest BCUT2D eigenvalue weighted by Gasteiger charge is -2.44. The number of nitriles is 1. The van der Waals surface area contributed by atoms with E-state index in [1.807, 2.05) is 19.9 Å². The van der Waals surface area contributed by atoms with Crippen molar-refractivity contribution in [3.05, 3.63) is 24.0 Å². The fourth-order valence-electron chi connectivity index (χ4n) is 2.72. The first kappa shape index (κ1) is 18.2. The first-order chi connectivity index (χ1) is 11.3. The summed E-state index contributed by atoms with van der Waals surface area (Å²) in [7, 11) is 3.39. The number of morpholine rings is 1. The van der Waals surface area contributed by atoms with E-state index in [9.17, 15) is 10.1 Å². The van der Waals surface area contributed by atoms with Crippen molar-refractivity contribution >= 4 is 11.6 Å². The lowest BCUT2D eigenvalue weighted by atomic mass is 10.0. The molecule has 0 radical (unpaired) electrons. The molecule has 1 aliphatic heterocycles. The molecule has 1 amide bonds. The minimum Gasteiger partial charge on any atom is -0.369 e. The Morgan fingerprint density at radius 2 is 2.33 bits per heavy atom. The zero-order valence-corrected chi connectivity index (χ0v) is 14.7. The van der Waals surface area contributed by atoms with Crippen LogP contribution in [0.1, 0.15) is 19.4 Å². The van der Waals surface area contributed by atoms with E-state index in [2.05, 4.69) is 16.0 Å². The summed E-state index contributed by atoms with van der Waals surface area (Å²) in [5.74, 6) is -0.0807. The van der Waals surface area contributed by atoms with Crippen LogP contribution in [0.5, 0.6) is 0 Å². The molecule has 1 atom stereocenters. The largest absolute Gasteiger partial charge is 0.369 e. The van der Waals surface area contributed by atoms with Crippen LogP contribution in [0.3, 0.4) is 0 Å². The molecule has 1 fully saturated rings. The Balaban J connectivity index is 2.04. The number of anilines is 1. The van der Waals surface area contributed by atoms with Crippen LogP contribution < -0.4 is 4.90 Å². The van der Waals surface area contributed by atoms with E-state index in [1.54, 1.807) is 26.5 Å². The Kier molecular flexibility index (Phi) is 5.75. The Morgan fingerprint density at radius 3 is 3.00 bits per heavy atom. The normalized spacial score (nSPS) is 19.6. The van der Waals surface area contributed by atoms with Gasteiger partial charge in [0, 0.05) is 39.6 Å². The molecule has 0 aliphatic carbocycles. The zero-order valence-electron chi connectivity index (χ0n) is 14.7. The third-order valence-corrected chi connectivity index (χ3v) is 3.77. The van der Waals surface area contributed by atoms with Gasteiger partial charge in [0.15, 0.2) is 0 Å². The van der Waals surface area contributed by atoms with Crippen molar-refractivity contribution in [1.82, 2.24) is 9.88 Å². The van der Waals surface area contributed by atoms with Crippen LogP contribution in [-0.2, 0) is 14.3 Å². The number of carbonyl (C=O) groups excluding carboxylic acids is 1. The quantitative estimate of drug-likeness (QED) is 0.802. The number of rotatable bonds is 5. The van der Waals surface area contributed by atoms with Crippen molar-refractivity contribution in [2.45, 2.75) is 25.6 Å². The lowest BCUT2D eigenvalue weighted by Crippen LogP contribution is -2.54. The van der Waals surface area contributed by atoms with Gasteiger partial charge >= 0.3 is 0 Å². The number of pyridine rings is 1. The summed E-state index contributed by atoms with van der Waals surface area (Å²) in [6.07, 6.45) is 3.07. The number of likely N-dealkylation sites (N-methyl/N-ethyl adjacent to an activating group) is 1. The summed E-state index contributed by atoms with van der Waals surface area (Å²) < 4.78 is 11.6. The minimum absolute atomic E-state index is 0.0337. The fraction of sp³-hybridized carbons (Fsp3) is 0.588. The molecule has 24 heavy (non-hydrogen) atoms. The summed E-state index contributed by atoms with van der Waals surface area (Å²) in [4.78, 5) is 19.2. The Bertz CT molecular complexity index is 625. The van der Waals surface area contributed by atoms with Gasteiger partial charge in [-0.15, -0.1) is 0 Å². The van der Waals surface area contributed by atoms with Crippen molar-refractivity contribution in [2.75, 3.05) is 45.3 Å². The monoisotopic (exact) mass is 332 g/mol. The van der Waals surface area contributed by atoms with E-state index in [0.717, 1.165) is 5.69 Å². The van der Waals surface area contributed by atoms with Gasteiger partial charge in [0.1, 0.15) is 12.7 Å². The number of amides is 1. The van der Waals surface area contributed by atoms with Gasteiger partial charge in [0.25, 0.3) is 0 Å². The lowest BCUT2D eigenvalue weighted by molar-refractivity contribution is -0.139. The second-order valence-electron chi connectivity index (χ2n) is 6.69. The first-order valence-electron chi connectivity index (χ1n) is 7.87. The van der Waals surface area contributed by atoms with Gasteiger partial charge in [-0.25, -0.2) is 0 Å². The number of carbonyl (C=O) groups is 1. The molecule has 0 N–H and O–H groups in total. The summed E-state index contributed by atoms with van der Waals surface area (Å²) in [5, 5.41) is 9.28. The van der Waals surface area contributed by atoms with E-state index in [1.165, 1.54) is 4.90 Å². The molecule has 1 saturated heterocycles. The average Bonchev–Trinajstić information content (AvgIpc) is 2.53. The molecule has 2 heterocycles. The van der Waals surface area contributed by atoms with Crippen LogP contribution in [0.4, 0.5) is 5.69 Å². The summed E-state index contributed by atoms with van der Waals surface area (Å²) in [5.41, 5.74) is 1.00. The summed E-state index contributed by atoms with van der Waals surface area (Å²) in [6.45, 7) is 5.63. The van der Waals surface area contributed by atoms with E-state index in [4.69, 9.17) is 9.47 Å². The Hall–Kier alpha value is -2.17. The SMILES string of the molecule is CN(C)C(=O)COC[C@@H]1CN(c2ccncc2C#N)CC(C)(C)O1. The van der Waals surface area contributed by atoms with Crippen molar-refractivity contribution in [3.8, 4) is 6.07 Å². The highest BCUT2D eigenvalue weighted by Gasteiger charge is 2.34. The number of hydrogen-bond donors (Lipinski definition) is 0. The predicted molar refractivity (Wildman–Crippen MR) is 89.6 cm³/mol. The number of hydrogen-bond acceptors (Lipinski definition) is 6. The molecule has 0 spiro atoms. The molecule has 130 valence electrons. The molecule has 7 nitrogen and oxygen atoms in total. The summed E-state index contributed by atoms with van der Waals surface area (Å²) >= 11 is 0. The third-order valence-electron chi connectivity index (χ3n) is 3.77. The molecule has 1 aliphatic rings. The van der Waals surface area contributed by atoms with Crippen LogP contribution in [0.25, 0.3) is 0 Å². The third kappa shape index (κ3) is 4.66. The van der Waals surface area contributed by atoms with Crippen molar-refractivity contribution in [1.29, 1.82) is 5.26 Å². The number of nitrogens with zero attached hydrogens (tertiary/aromatic N) is 4. The highest BCUT2D eigenvalue weighted by Crippen LogP contribution is 2.28. The van der Waals surface area contributed by atoms with Gasteiger partial charge in [-0.3, -0.25) is 9.78 Å². The highest BCUT2D eigenvalue weighted by atomic mass is 16.5. The van der Waals surface area contributed by atoms with Crippen molar-refractivity contribution in [3.63, 3.8) is 0 Å². The van der Waals surface area contributed by atoms with Crippen molar-refractivity contribution in [2.24, 2.45) is 0 Å². The van der Waals surface area contributed by atoms with E-state index < -0.39 is 0 Å². The molecule has 0 aromatic carbocycles. The maximum Gasteiger partial charge on any atom is 0.248 e. The zero-order chi connectivity index (χ0) is 17.7. The van der Waals surface area contributed by atoms with E-state index in [0.29, 0.717) is 25.3 Å². The second-order valence-corrected chi connectivity index (χ2v) is 6.69. The average molecular weight is 332 g/mol. The molecule has 0 bridgehead atoms. The molecular formula is C17H24N4O3. The molecular weight excluding hydrogens is 308 g/mol. The van der Waals surface area contributed by atoms with Gasteiger partial charge in [-0.1, -0.05) is 0 Å². The standard InChI is InChI=1S/C17H24N4O3/c1-17(2)12-21(15-5-6-19-8-13(15)7-18)9-14(24-17)10-23-11-16(22)20(3)4/h5-6,8,14H,9-12H2,1-4H3/t14-/m0/s1. The molecule has 7 heteroatoms. The van der Waals surface area contributed by atoms with Gasteiger partial charge in [-0.2, -0.15) is 5.26 Å². The second kappa shape index (κ2) is 7.60. The van der Waals surface area contributed by atoms with Crippen LogP contribution in [0.2, 0.25) is 0 Å². The molecule has 0 saturated carbocycles. The fourth-order valence-corrected chi connectivity index (χ4v) is 2.72. The van der Waals surface area contributed by atoms with E-state index >= 15 is 0 Å². The molecule has 0 unspecified atom stereocenters. The van der Waals surface area contributed by atoms with Gasteiger partial charge in [-0.05, 0) is 19.9 Å². The van der Waals surface area contributed by atoms with Crippen LogP contribution in [0.15, 0.2) is 18.5 Å².